The van der Waals surface area contributed by atoms with E-state index >= 15 is 0 Å². The normalized spacial score (nSPS) is 29.1. The third-order valence-corrected chi connectivity index (χ3v) is 4.79. The predicted molar refractivity (Wildman–Crippen MR) is 74.2 cm³/mol. The highest BCUT2D eigenvalue weighted by atomic mass is 16.3. The summed E-state index contributed by atoms with van der Waals surface area (Å²) in [5, 5.41) is 17.7. The van der Waals surface area contributed by atoms with Crippen LogP contribution in [0.2, 0.25) is 0 Å². The van der Waals surface area contributed by atoms with Crippen molar-refractivity contribution < 1.29 is 9.90 Å². The Kier molecular flexibility index (Phi) is 2.57. The maximum Gasteiger partial charge on any atom is 0.253 e. The number of H-pyrrole nitrogens is 1. The van der Waals surface area contributed by atoms with Gasteiger partial charge in [0.25, 0.3) is 5.91 Å². The molecular formula is C15H17N3O2. The van der Waals surface area contributed by atoms with E-state index in [1.54, 1.807) is 6.20 Å². The highest BCUT2D eigenvalue weighted by Gasteiger charge is 2.43. The molecule has 0 spiro atoms. The monoisotopic (exact) mass is 271 g/mol. The number of aromatic nitrogens is 2. The highest BCUT2D eigenvalue weighted by Crippen LogP contribution is 2.38. The minimum atomic E-state index is -0.228. The fourth-order valence-corrected chi connectivity index (χ4v) is 3.66. The number of carbonyl (C=O) groups excluding carboxylic acids is 1. The fourth-order valence-electron chi connectivity index (χ4n) is 3.66. The lowest BCUT2D eigenvalue weighted by Crippen LogP contribution is -2.31. The van der Waals surface area contributed by atoms with Crippen LogP contribution < -0.4 is 0 Å². The number of aliphatic hydroxyl groups is 1. The number of nitrogens with one attached hydrogen (secondary N) is 1. The van der Waals surface area contributed by atoms with Gasteiger partial charge in [-0.1, -0.05) is 0 Å². The molecule has 1 saturated heterocycles. The van der Waals surface area contributed by atoms with Crippen molar-refractivity contribution in [3.8, 4) is 0 Å². The van der Waals surface area contributed by atoms with Crippen molar-refractivity contribution in [3.05, 3.63) is 30.0 Å². The molecule has 1 saturated carbocycles. The van der Waals surface area contributed by atoms with Gasteiger partial charge in [0, 0.05) is 30.0 Å². The zero-order valence-electron chi connectivity index (χ0n) is 11.1. The Bertz CT molecular complexity index is 666. The molecular weight excluding hydrogens is 254 g/mol. The molecule has 1 aliphatic carbocycles. The first-order valence-electron chi connectivity index (χ1n) is 7.13. The van der Waals surface area contributed by atoms with Crippen LogP contribution in [0.1, 0.15) is 23.2 Å². The largest absolute Gasteiger partial charge is 0.393 e. The summed E-state index contributed by atoms with van der Waals surface area (Å²) < 4.78 is 0. The van der Waals surface area contributed by atoms with Gasteiger partial charge < -0.3 is 10.0 Å². The summed E-state index contributed by atoms with van der Waals surface area (Å²) >= 11 is 0. The molecule has 2 heterocycles. The van der Waals surface area contributed by atoms with Crippen LogP contribution in [0, 0.1) is 11.8 Å². The summed E-state index contributed by atoms with van der Waals surface area (Å²) in [5.74, 6) is 0.818. The van der Waals surface area contributed by atoms with E-state index in [0.29, 0.717) is 18.0 Å². The summed E-state index contributed by atoms with van der Waals surface area (Å²) in [4.78, 5) is 14.5. The van der Waals surface area contributed by atoms with E-state index in [1.165, 1.54) is 0 Å². The van der Waals surface area contributed by atoms with Crippen molar-refractivity contribution in [2.45, 2.75) is 18.9 Å². The van der Waals surface area contributed by atoms with Crippen molar-refractivity contribution >= 4 is 16.8 Å². The quantitative estimate of drug-likeness (QED) is 0.824. The van der Waals surface area contributed by atoms with Gasteiger partial charge in [0.1, 0.15) is 0 Å². The molecule has 2 aromatic rings. The predicted octanol–water partition coefficient (Wildman–Crippen LogP) is 1.41. The second-order valence-corrected chi connectivity index (χ2v) is 5.95. The SMILES string of the molecule is O=C(c1ccc2[nH]ncc2c1)N1CC2CCC(O)C2C1. The summed E-state index contributed by atoms with van der Waals surface area (Å²) in [5.41, 5.74) is 1.64. The molecule has 104 valence electrons. The molecule has 3 unspecified atom stereocenters. The summed E-state index contributed by atoms with van der Waals surface area (Å²) in [7, 11) is 0. The zero-order chi connectivity index (χ0) is 13.7. The molecule has 3 atom stereocenters. The number of carbonyl (C=O) groups is 1. The van der Waals surface area contributed by atoms with Gasteiger partial charge in [-0.15, -0.1) is 0 Å². The molecule has 2 aliphatic rings. The number of amides is 1. The standard InChI is InChI=1S/C15H17N3O2/c19-14-4-2-10-7-18(8-12(10)14)15(20)9-1-3-13-11(5-9)6-16-17-13/h1,3,5-6,10,12,14,19H,2,4,7-8H2,(H,16,17). The third kappa shape index (κ3) is 1.73. The molecule has 2 N–H and O–H groups in total. The summed E-state index contributed by atoms with van der Waals surface area (Å²) in [6, 6.07) is 5.61. The van der Waals surface area contributed by atoms with Gasteiger partial charge >= 0.3 is 0 Å². The van der Waals surface area contributed by atoms with Crippen LogP contribution >= 0.6 is 0 Å². The molecule has 4 rings (SSSR count). The summed E-state index contributed by atoms with van der Waals surface area (Å²) in [6.07, 6.45) is 3.43. The number of hydrogen-bond donors (Lipinski definition) is 2. The van der Waals surface area contributed by atoms with Gasteiger partial charge in [0.05, 0.1) is 17.8 Å². The second kappa shape index (κ2) is 4.31. The average Bonchev–Trinajstić information content (AvgIpc) is 3.14. The molecule has 0 radical (unpaired) electrons. The number of benzene rings is 1. The van der Waals surface area contributed by atoms with Gasteiger partial charge in [-0.3, -0.25) is 9.89 Å². The molecule has 1 aromatic carbocycles. The number of nitrogens with zero attached hydrogens (tertiary/aromatic N) is 2. The lowest BCUT2D eigenvalue weighted by atomic mass is 10.00. The van der Waals surface area contributed by atoms with Gasteiger partial charge in [-0.05, 0) is 37.0 Å². The maximum atomic E-state index is 12.6. The van der Waals surface area contributed by atoms with Crippen LogP contribution in [0.4, 0.5) is 0 Å². The Balaban J connectivity index is 1.58. The Labute approximate surface area is 116 Å². The molecule has 0 bridgehead atoms. The zero-order valence-corrected chi connectivity index (χ0v) is 11.1. The number of fused-ring (bicyclic) bond motifs is 2. The average molecular weight is 271 g/mol. The van der Waals surface area contributed by atoms with E-state index in [9.17, 15) is 9.90 Å². The highest BCUT2D eigenvalue weighted by molar-refractivity contribution is 5.98. The second-order valence-electron chi connectivity index (χ2n) is 5.95. The first kappa shape index (κ1) is 11.9. The van der Waals surface area contributed by atoms with Crippen molar-refractivity contribution in [2.24, 2.45) is 11.8 Å². The fraction of sp³-hybridized carbons (Fsp3) is 0.467. The van der Waals surface area contributed by atoms with Gasteiger partial charge in [-0.25, -0.2) is 0 Å². The number of hydrogen-bond acceptors (Lipinski definition) is 3. The Morgan fingerprint density at radius 3 is 3.10 bits per heavy atom. The molecule has 5 nitrogen and oxygen atoms in total. The van der Waals surface area contributed by atoms with Crippen LogP contribution in [0.5, 0.6) is 0 Å². The number of rotatable bonds is 1. The van der Waals surface area contributed by atoms with Crippen molar-refractivity contribution in [1.29, 1.82) is 0 Å². The molecule has 2 fully saturated rings. The van der Waals surface area contributed by atoms with Gasteiger partial charge in [0.15, 0.2) is 0 Å². The molecule has 20 heavy (non-hydrogen) atoms. The number of likely N-dealkylation sites (tertiary alicyclic amines) is 1. The minimum absolute atomic E-state index is 0.0645. The lowest BCUT2D eigenvalue weighted by Gasteiger charge is -2.18. The van der Waals surface area contributed by atoms with Crippen LogP contribution in [0.3, 0.4) is 0 Å². The van der Waals surface area contributed by atoms with E-state index in [0.717, 1.165) is 30.3 Å². The van der Waals surface area contributed by atoms with E-state index in [-0.39, 0.29) is 17.9 Å². The first-order valence-corrected chi connectivity index (χ1v) is 7.13. The van der Waals surface area contributed by atoms with Crippen molar-refractivity contribution in [2.75, 3.05) is 13.1 Å². The maximum absolute atomic E-state index is 12.6. The van der Waals surface area contributed by atoms with Gasteiger partial charge in [0.2, 0.25) is 0 Å². The van der Waals surface area contributed by atoms with Crippen LogP contribution in [0.15, 0.2) is 24.4 Å². The van der Waals surface area contributed by atoms with Crippen molar-refractivity contribution in [3.63, 3.8) is 0 Å². The Morgan fingerprint density at radius 2 is 2.25 bits per heavy atom. The van der Waals surface area contributed by atoms with Gasteiger partial charge in [-0.2, -0.15) is 5.10 Å². The van der Waals surface area contributed by atoms with Crippen molar-refractivity contribution in [1.82, 2.24) is 15.1 Å². The smallest absolute Gasteiger partial charge is 0.253 e. The molecule has 1 aromatic heterocycles. The lowest BCUT2D eigenvalue weighted by molar-refractivity contribution is 0.0752. The van der Waals surface area contributed by atoms with Crippen LogP contribution in [-0.4, -0.2) is 45.3 Å². The number of aliphatic hydroxyl groups excluding tert-OH is 1. The van der Waals surface area contributed by atoms with E-state index in [2.05, 4.69) is 10.2 Å². The molecule has 1 aliphatic heterocycles. The van der Waals surface area contributed by atoms with Crippen LogP contribution in [0.25, 0.3) is 10.9 Å². The van der Waals surface area contributed by atoms with E-state index in [4.69, 9.17) is 0 Å². The Morgan fingerprint density at radius 1 is 1.35 bits per heavy atom. The Hall–Kier alpha value is -1.88. The minimum Gasteiger partial charge on any atom is -0.393 e. The molecule has 1 amide bonds. The third-order valence-electron chi connectivity index (χ3n) is 4.79. The van der Waals surface area contributed by atoms with E-state index in [1.807, 2.05) is 23.1 Å². The first-order chi connectivity index (χ1) is 9.72. The van der Waals surface area contributed by atoms with Crippen LogP contribution in [-0.2, 0) is 0 Å². The topological polar surface area (TPSA) is 69.2 Å². The number of aromatic amines is 1. The summed E-state index contributed by atoms with van der Waals surface area (Å²) in [6.45, 7) is 1.47. The van der Waals surface area contributed by atoms with E-state index < -0.39 is 0 Å². The molecule has 5 heteroatoms.